The van der Waals surface area contributed by atoms with Gasteiger partial charge in [0.05, 0.1) is 26.9 Å². The van der Waals surface area contributed by atoms with Crippen molar-refractivity contribution in [3.05, 3.63) is 69.5 Å². The van der Waals surface area contributed by atoms with E-state index in [9.17, 15) is 9.59 Å². The van der Waals surface area contributed by atoms with Crippen LogP contribution in [-0.4, -0.2) is 37.2 Å². The Morgan fingerprint density at radius 2 is 1.72 bits per heavy atom. The van der Waals surface area contributed by atoms with E-state index in [4.69, 9.17) is 14.2 Å². The van der Waals surface area contributed by atoms with Crippen molar-refractivity contribution in [3.8, 4) is 17.2 Å². The normalized spacial score (nSPS) is 15.0. The number of thioether (sulfide) groups is 1. The molecule has 0 fully saturated rings. The van der Waals surface area contributed by atoms with Crippen molar-refractivity contribution in [3.63, 3.8) is 0 Å². The maximum atomic E-state index is 13.1. The lowest BCUT2D eigenvalue weighted by Crippen LogP contribution is -2.31. The molecule has 2 heterocycles. The highest BCUT2D eigenvalue weighted by molar-refractivity contribution is 7.98. The molecule has 1 amide bonds. The van der Waals surface area contributed by atoms with Gasteiger partial charge in [0.2, 0.25) is 11.7 Å². The Balaban J connectivity index is 1.72. The number of nitrogens with one attached hydrogen (secondary N) is 2. The number of rotatable bonds is 7. The molecule has 0 spiro atoms. The Labute approximate surface area is 189 Å². The van der Waals surface area contributed by atoms with Crippen molar-refractivity contribution in [2.24, 2.45) is 0 Å². The van der Waals surface area contributed by atoms with Gasteiger partial charge in [-0.25, -0.2) is 4.98 Å². The van der Waals surface area contributed by atoms with Crippen molar-refractivity contribution in [2.75, 3.05) is 26.6 Å². The summed E-state index contributed by atoms with van der Waals surface area (Å²) in [4.78, 5) is 32.9. The van der Waals surface area contributed by atoms with Crippen LogP contribution < -0.4 is 25.1 Å². The van der Waals surface area contributed by atoms with Gasteiger partial charge in [-0.3, -0.25) is 9.59 Å². The van der Waals surface area contributed by atoms with Gasteiger partial charge in [0.15, 0.2) is 16.7 Å². The SMILES string of the molecule is COc1cc([C@H]2CC(=O)Nc3nc(SCc4ccccc4)[nH]c(=O)c32)cc(OC)c1OC. The molecule has 4 rings (SSSR count). The molecule has 1 aromatic heterocycles. The molecule has 0 unspecified atom stereocenters. The first-order valence-corrected chi connectivity index (χ1v) is 10.9. The number of benzene rings is 2. The number of carbonyl (C=O) groups is 1. The van der Waals surface area contributed by atoms with Gasteiger partial charge in [-0.05, 0) is 23.3 Å². The number of methoxy groups -OCH3 is 3. The second kappa shape index (κ2) is 9.35. The quantitative estimate of drug-likeness (QED) is 0.416. The third kappa shape index (κ3) is 4.29. The van der Waals surface area contributed by atoms with Gasteiger partial charge in [0, 0.05) is 18.1 Å². The molecule has 1 aliphatic heterocycles. The van der Waals surface area contributed by atoms with Crippen LogP contribution in [0.1, 0.15) is 29.0 Å². The van der Waals surface area contributed by atoms with Gasteiger partial charge in [0.25, 0.3) is 5.56 Å². The molecule has 2 N–H and O–H groups in total. The zero-order chi connectivity index (χ0) is 22.7. The second-order valence-electron chi connectivity index (χ2n) is 7.17. The molecule has 8 nitrogen and oxygen atoms in total. The summed E-state index contributed by atoms with van der Waals surface area (Å²) in [6, 6.07) is 13.4. The van der Waals surface area contributed by atoms with Crippen LogP contribution in [0.3, 0.4) is 0 Å². The maximum absolute atomic E-state index is 13.1. The average molecular weight is 454 g/mol. The minimum Gasteiger partial charge on any atom is -0.493 e. The van der Waals surface area contributed by atoms with Crippen LogP contribution in [0, 0.1) is 0 Å². The third-order valence-electron chi connectivity index (χ3n) is 5.24. The molecular weight excluding hydrogens is 430 g/mol. The number of nitrogens with zero attached hydrogens (tertiary/aromatic N) is 1. The third-order valence-corrected chi connectivity index (χ3v) is 6.18. The van der Waals surface area contributed by atoms with Crippen molar-refractivity contribution in [1.29, 1.82) is 0 Å². The number of amides is 1. The van der Waals surface area contributed by atoms with E-state index in [1.807, 2.05) is 30.3 Å². The standard InChI is InChI=1S/C23H23N3O5S/c1-29-16-9-14(10-17(30-2)20(16)31-3)15-11-18(27)24-21-19(15)22(28)26-23(25-21)32-12-13-7-5-4-6-8-13/h4-10,15H,11-12H2,1-3H3,(H2,24,25,26,27,28)/t15-/m1/s1. The number of carbonyl (C=O) groups excluding carboxylic acids is 1. The van der Waals surface area contributed by atoms with Crippen LogP contribution in [0.4, 0.5) is 5.82 Å². The van der Waals surface area contributed by atoms with Crippen molar-refractivity contribution >= 4 is 23.5 Å². The molecule has 0 aliphatic carbocycles. The summed E-state index contributed by atoms with van der Waals surface area (Å²) in [6.07, 6.45) is 0.104. The van der Waals surface area contributed by atoms with E-state index in [0.29, 0.717) is 39.3 Å². The number of fused-ring (bicyclic) bond motifs is 1. The number of H-pyrrole nitrogens is 1. The average Bonchev–Trinajstić information content (AvgIpc) is 2.81. The fraction of sp³-hybridized carbons (Fsp3) is 0.261. The number of aromatic amines is 1. The Morgan fingerprint density at radius 3 is 2.34 bits per heavy atom. The lowest BCUT2D eigenvalue weighted by molar-refractivity contribution is -0.116. The van der Waals surface area contributed by atoms with Gasteiger partial charge >= 0.3 is 0 Å². The summed E-state index contributed by atoms with van der Waals surface area (Å²) in [7, 11) is 4.56. The summed E-state index contributed by atoms with van der Waals surface area (Å²) in [6.45, 7) is 0. The maximum Gasteiger partial charge on any atom is 0.257 e. The summed E-state index contributed by atoms with van der Waals surface area (Å²) in [5.41, 5.74) is 1.93. The summed E-state index contributed by atoms with van der Waals surface area (Å²) in [5.74, 6) is 1.55. The van der Waals surface area contributed by atoms with Crippen molar-refractivity contribution in [2.45, 2.75) is 23.2 Å². The Kier molecular flexibility index (Phi) is 6.36. The lowest BCUT2D eigenvalue weighted by atomic mass is 9.86. The van der Waals surface area contributed by atoms with Crippen molar-refractivity contribution < 1.29 is 19.0 Å². The molecule has 1 aliphatic rings. The Hall–Kier alpha value is -3.46. The molecule has 0 bridgehead atoms. The highest BCUT2D eigenvalue weighted by atomic mass is 32.2. The fourth-order valence-corrected chi connectivity index (χ4v) is 4.55. The van der Waals surface area contributed by atoms with Crippen molar-refractivity contribution in [1.82, 2.24) is 9.97 Å². The molecule has 9 heteroatoms. The topological polar surface area (TPSA) is 103 Å². The molecule has 0 saturated carbocycles. The Bertz CT molecular complexity index is 1170. The van der Waals surface area contributed by atoms with Crippen LogP contribution in [-0.2, 0) is 10.5 Å². The van der Waals surface area contributed by atoms with E-state index in [2.05, 4.69) is 15.3 Å². The first-order valence-electron chi connectivity index (χ1n) is 9.94. The molecule has 0 radical (unpaired) electrons. The molecule has 0 saturated heterocycles. The van der Waals surface area contributed by atoms with Crippen LogP contribution >= 0.6 is 11.8 Å². The second-order valence-corrected chi connectivity index (χ2v) is 8.14. The summed E-state index contributed by atoms with van der Waals surface area (Å²) in [5, 5.41) is 3.20. The lowest BCUT2D eigenvalue weighted by Gasteiger charge is -2.25. The molecule has 1 atom stereocenters. The predicted molar refractivity (Wildman–Crippen MR) is 122 cm³/mol. The van der Waals surface area contributed by atoms with E-state index in [0.717, 1.165) is 5.56 Å². The number of hydrogen-bond acceptors (Lipinski definition) is 7. The number of anilines is 1. The Morgan fingerprint density at radius 1 is 1.03 bits per heavy atom. The largest absolute Gasteiger partial charge is 0.493 e. The monoisotopic (exact) mass is 453 g/mol. The van der Waals surface area contributed by atoms with Gasteiger partial charge in [0.1, 0.15) is 5.82 Å². The van der Waals surface area contributed by atoms with Gasteiger partial charge in [-0.1, -0.05) is 42.1 Å². The fourth-order valence-electron chi connectivity index (χ4n) is 3.73. The van der Waals surface area contributed by atoms with E-state index in [-0.39, 0.29) is 23.7 Å². The van der Waals surface area contributed by atoms with Gasteiger partial charge in [-0.15, -0.1) is 0 Å². The summed E-state index contributed by atoms with van der Waals surface area (Å²) >= 11 is 1.40. The zero-order valence-electron chi connectivity index (χ0n) is 17.9. The smallest absolute Gasteiger partial charge is 0.257 e. The molecular formula is C23H23N3O5S. The van der Waals surface area contributed by atoms with E-state index < -0.39 is 5.92 Å². The van der Waals surface area contributed by atoms with Crippen LogP contribution in [0.25, 0.3) is 0 Å². The molecule has 2 aromatic carbocycles. The first-order chi connectivity index (χ1) is 15.5. The molecule has 166 valence electrons. The zero-order valence-corrected chi connectivity index (χ0v) is 18.7. The predicted octanol–water partition coefficient (Wildman–Crippen LogP) is 3.56. The number of hydrogen-bond donors (Lipinski definition) is 2. The van der Waals surface area contributed by atoms with Crippen LogP contribution in [0.15, 0.2) is 52.4 Å². The highest BCUT2D eigenvalue weighted by Gasteiger charge is 2.32. The van der Waals surface area contributed by atoms with E-state index in [1.165, 1.54) is 33.1 Å². The number of ether oxygens (including phenoxy) is 3. The van der Waals surface area contributed by atoms with Crippen LogP contribution in [0.2, 0.25) is 0 Å². The van der Waals surface area contributed by atoms with Gasteiger partial charge in [-0.2, -0.15) is 0 Å². The molecule has 3 aromatic rings. The minimum atomic E-state index is -0.503. The molecule has 32 heavy (non-hydrogen) atoms. The first kappa shape index (κ1) is 21.8. The summed E-state index contributed by atoms with van der Waals surface area (Å²) < 4.78 is 16.3. The van der Waals surface area contributed by atoms with E-state index >= 15 is 0 Å². The van der Waals surface area contributed by atoms with Gasteiger partial charge < -0.3 is 24.5 Å². The van der Waals surface area contributed by atoms with Crippen LogP contribution in [0.5, 0.6) is 17.2 Å². The highest BCUT2D eigenvalue weighted by Crippen LogP contribution is 2.43. The number of aromatic nitrogens is 2. The van der Waals surface area contributed by atoms with E-state index in [1.54, 1.807) is 12.1 Å². The minimum absolute atomic E-state index is 0.104.